The summed E-state index contributed by atoms with van der Waals surface area (Å²) in [5, 5.41) is 8.90. The zero-order chi connectivity index (χ0) is 18.4. The number of aliphatic carboxylic acids is 1. The molecular formula is C16H18N4O5. The number of hydrogen-bond donors (Lipinski definition) is 4. The van der Waals surface area contributed by atoms with Crippen LogP contribution < -0.4 is 31.2 Å². The van der Waals surface area contributed by atoms with Crippen LogP contribution in [0.1, 0.15) is 0 Å². The van der Waals surface area contributed by atoms with Crippen molar-refractivity contribution >= 4 is 5.97 Å². The fourth-order valence-corrected chi connectivity index (χ4v) is 2.01. The van der Waals surface area contributed by atoms with Crippen molar-refractivity contribution in [2.75, 3.05) is 14.2 Å². The van der Waals surface area contributed by atoms with Crippen LogP contribution in [0.25, 0.3) is 11.1 Å². The van der Waals surface area contributed by atoms with Gasteiger partial charge in [-0.2, -0.15) is 0 Å². The quantitative estimate of drug-likeness (QED) is 0.248. The topological polar surface area (TPSA) is 142 Å². The Hall–Kier alpha value is -3.46. The molecule has 132 valence electrons. The molecule has 0 saturated carbocycles. The third kappa shape index (κ3) is 4.09. The second-order valence-corrected chi connectivity index (χ2v) is 4.75. The Labute approximate surface area is 143 Å². The summed E-state index contributed by atoms with van der Waals surface area (Å²) in [5.74, 6) is 4.89. The van der Waals surface area contributed by atoms with Crippen LogP contribution in [-0.4, -0.2) is 30.3 Å². The van der Waals surface area contributed by atoms with Gasteiger partial charge in [-0.15, -0.1) is 0 Å². The number of nitrogens with two attached hydrogens (primary N) is 2. The lowest BCUT2D eigenvalue weighted by molar-refractivity contribution is -0.132. The van der Waals surface area contributed by atoms with Crippen molar-refractivity contribution in [2.45, 2.75) is 0 Å². The first kappa shape index (κ1) is 17.9. The molecule has 0 atom stereocenters. The number of carboxylic acids is 1. The van der Waals surface area contributed by atoms with E-state index in [1.165, 1.54) is 14.2 Å². The standard InChI is InChI=1S/C16H18N4O5/c1-23-12-7-10(25-15(20-18)14(17)16(21)22)4-5-11(12)9-3-6-13(24-2)19-8-9/h3-8,20H,17-18H2,1-2H3,(H,21,22)/b15-14+. The molecule has 2 rings (SSSR count). The maximum Gasteiger partial charge on any atom is 0.357 e. The summed E-state index contributed by atoms with van der Waals surface area (Å²) in [6.45, 7) is 0. The molecule has 0 aliphatic rings. The van der Waals surface area contributed by atoms with Crippen LogP contribution in [-0.2, 0) is 4.79 Å². The van der Waals surface area contributed by atoms with E-state index < -0.39 is 11.7 Å². The molecule has 0 aliphatic carbocycles. The number of methoxy groups -OCH3 is 2. The van der Waals surface area contributed by atoms with Crippen molar-refractivity contribution < 1.29 is 24.1 Å². The molecule has 0 amide bonds. The number of nitrogens with zero attached hydrogens (tertiary/aromatic N) is 1. The Morgan fingerprint density at radius 1 is 1.20 bits per heavy atom. The lowest BCUT2D eigenvalue weighted by Crippen LogP contribution is -2.31. The molecule has 1 aromatic carbocycles. The molecule has 0 unspecified atom stereocenters. The molecule has 6 N–H and O–H groups in total. The summed E-state index contributed by atoms with van der Waals surface area (Å²) in [5.41, 5.74) is 8.54. The first-order valence-corrected chi connectivity index (χ1v) is 7.06. The van der Waals surface area contributed by atoms with Crippen molar-refractivity contribution in [1.82, 2.24) is 10.4 Å². The molecule has 1 heterocycles. The molecule has 0 fully saturated rings. The molecular weight excluding hydrogens is 328 g/mol. The summed E-state index contributed by atoms with van der Waals surface area (Å²) < 4.78 is 15.8. The van der Waals surface area contributed by atoms with E-state index in [0.717, 1.165) is 11.1 Å². The van der Waals surface area contributed by atoms with Crippen LogP contribution in [0, 0.1) is 0 Å². The Morgan fingerprint density at radius 2 is 1.96 bits per heavy atom. The summed E-state index contributed by atoms with van der Waals surface area (Å²) in [7, 11) is 3.04. The molecule has 9 heteroatoms. The maximum atomic E-state index is 10.9. The van der Waals surface area contributed by atoms with Gasteiger partial charge in [-0.1, -0.05) is 0 Å². The third-order valence-corrected chi connectivity index (χ3v) is 3.26. The highest BCUT2D eigenvalue weighted by molar-refractivity contribution is 5.85. The highest BCUT2D eigenvalue weighted by Gasteiger charge is 2.14. The molecule has 0 saturated heterocycles. The van der Waals surface area contributed by atoms with E-state index in [4.69, 9.17) is 30.9 Å². The van der Waals surface area contributed by atoms with Crippen LogP contribution >= 0.6 is 0 Å². The Balaban J connectivity index is 2.35. The van der Waals surface area contributed by atoms with Gasteiger partial charge in [0.1, 0.15) is 11.5 Å². The number of pyridine rings is 1. The molecule has 9 nitrogen and oxygen atoms in total. The molecule has 25 heavy (non-hydrogen) atoms. The van der Waals surface area contributed by atoms with E-state index >= 15 is 0 Å². The Kier molecular flexibility index (Phi) is 5.64. The second-order valence-electron chi connectivity index (χ2n) is 4.75. The molecule has 0 bridgehead atoms. The van der Waals surface area contributed by atoms with Gasteiger partial charge in [0.15, 0.2) is 5.70 Å². The number of nitrogens with one attached hydrogen (secondary N) is 1. The summed E-state index contributed by atoms with van der Waals surface area (Å²) in [6, 6.07) is 8.49. The number of hydrogen-bond acceptors (Lipinski definition) is 8. The lowest BCUT2D eigenvalue weighted by atomic mass is 10.1. The van der Waals surface area contributed by atoms with Crippen molar-refractivity contribution in [1.29, 1.82) is 0 Å². The third-order valence-electron chi connectivity index (χ3n) is 3.26. The summed E-state index contributed by atoms with van der Waals surface area (Å²) >= 11 is 0. The zero-order valence-electron chi connectivity index (χ0n) is 13.6. The summed E-state index contributed by atoms with van der Waals surface area (Å²) in [4.78, 5) is 15.1. The minimum absolute atomic E-state index is 0.284. The van der Waals surface area contributed by atoms with E-state index in [1.54, 1.807) is 30.5 Å². The van der Waals surface area contributed by atoms with E-state index in [-0.39, 0.29) is 5.88 Å². The minimum Gasteiger partial charge on any atom is -0.496 e. The van der Waals surface area contributed by atoms with Crippen molar-refractivity contribution in [3.05, 3.63) is 48.1 Å². The van der Waals surface area contributed by atoms with Gasteiger partial charge in [0.2, 0.25) is 11.8 Å². The Morgan fingerprint density at radius 3 is 2.48 bits per heavy atom. The van der Waals surface area contributed by atoms with Gasteiger partial charge in [-0.25, -0.2) is 15.6 Å². The van der Waals surface area contributed by atoms with Crippen LogP contribution in [0.15, 0.2) is 48.1 Å². The van der Waals surface area contributed by atoms with Gasteiger partial charge in [-0.3, -0.25) is 5.43 Å². The Bertz CT molecular complexity index is 790. The normalized spacial score (nSPS) is 11.3. The number of carbonyl (C=O) groups is 1. The van der Waals surface area contributed by atoms with Gasteiger partial charge in [0.25, 0.3) is 0 Å². The van der Waals surface area contributed by atoms with Gasteiger partial charge < -0.3 is 25.1 Å². The van der Waals surface area contributed by atoms with Crippen LogP contribution in [0.3, 0.4) is 0 Å². The molecule has 1 aromatic heterocycles. The molecule has 2 aromatic rings. The highest BCUT2D eigenvalue weighted by atomic mass is 16.5. The van der Waals surface area contributed by atoms with Crippen LogP contribution in [0.5, 0.6) is 17.4 Å². The van der Waals surface area contributed by atoms with E-state index in [9.17, 15) is 4.79 Å². The molecule has 0 radical (unpaired) electrons. The molecule has 0 aliphatic heterocycles. The molecule has 0 spiro atoms. The highest BCUT2D eigenvalue weighted by Crippen LogP contribution is 2.33. The van der Waals surface area contributed by atoms with Gasteiger partial charge in [0.05, 0.1) is 14.2 Å². The van der Waals surface area contributed by atoms with Crippen LogP contribution in [0.4, 0.5) is 0 Å². The first-order valence-electron chi connectivity index (χ1n) is 7.06. The van der Waals surface area contributed by atoms with E-state index in [2.05, 4.69) is 10.4 Å². The van der Waals surface area contributed by atoms with E-state index in [1.807, 2.05) is 6.07 Å². The van der Waals surface area contributed by atoms with Crippen molar-refractivity contribution in [3.8, 4) is 28.5 Å². The number of rotatable bonds is 7. The smallest absolute Gasteiger partial charge is 0.357 e. The monoisotopic (exact) mass is 346 g/mol. The van der Waals surface area contributed by atoms with E-state index in [0.29, 0.717) is 17.4 Å². The van der Waals surface area contributed by atoms with Crippen molar-refractivity contribution in [2.24, 2.45) is 11.6 Å². The van der Waals surface area contributed by atoms with Gasteiger partial charge in [-0.05, 0) is 18.2 Å². The second kappa shape index (κ2) is 7.88. The maximum absolute atomic E-state index is 10.9. The van der Waals surface area contributed by atoms with Gasteiger partial charge >= 0.3 is 5.97 Å². The average molecular weight is 346 g/mol. The van der Waals surface area contributed by atoms with Crippen molar-refractivity contribution in [3.63, 3.8) is 0 Å². The predicted octanol–water partition coefficient (Wildman–Crippen LogP) is 0.820. The first-order chi connectivity index (χ1) is 12.0. The van der Waals surface area contributed by atoms with Crippen LogP contribution in [0.2, 0.25) is 0 Å². The largest absolute Gasteiger partial charge is 0.496 e. The average Bonchev–Trinajstić information content (AvgIpc) is 2.65. The number of ether oxygens (including phenoxy) is 3. The number of carboxylic acid groups (broad SMARTS) is 1. The fraction of sp³-hybridized carbons (Fsp3) is 0.125. The number of benzene rings is 1. The predicted molar refractivity (Wildman–Crippen MR) is 89.6 cm³/mol. The fourth-order valence-electron chi connectivity index (χ4n) is 2.01. The minimum atomic E-state index is -1.36. The summed E-state index contributed by atoms with van der Waals surface area (Å²) in [6.07, 6.45) is 1.65. The lowest BCUT2D eigenvalue weighted by Gasteiger charge is -2.14. The zero-order valence-corrected chi connectivity index (χ0v) is 13.6. The number of hydrazine groups is 1. The number of aromatic nitrogens is 1. The SMILES string of the molecule is COc1ccc(-c2ccc(O/C(NN)=C(/N)C(=O)O)cc2OC)cn1. The van der Waals surface area contributed by atoms with Gasteiger partial charge in [0, 0.05) is 29.5 Å².